The van der Waals surface area contributed by atoms with E-state index in [0.29, 0.717) is 6.61 Å². The van der Waals surface area contributed by atoms with E-state index < -0.39 is 4.92 Å². The molecule has 15 heavy (non-hydrogen) atoms. The number of allylic oxidation sites excluding steroid dienone is 1. The first-order chi connectivity index (χ1) is 7.13. The van der Waals surface area contributed by atoms with E-state index in [1.165, 1.54) is 12.1 Å². The SMILES string of the molecule is CCO/C(C)=C/c1cccc([N+](=O)[O-])c1. The molecule has 0 amide bonds. The summed E-state index contributed by atoms with van der Waals surface area (Å²) in [6.07, 6.45) is 1.77. The topological polar surface area (TPSA) is 52.4 Å². The molecule has 0 unspecified atom stereocenters. The molecule has 0 radical (unpaired) electrons. The lowest BCUT2D eigenvalue weighted by Crippen LogP contribution is -1.89. The van der Waals surface area contributed by atoms with Gasteiger partial charge in [-0.3, -0.25) is 10.1 Å². The van der Waals surface area contributed by atoms with Crippen molar-refractivity contribution in [3.63, 3.8) is 0 Å². The van der Waals surface area contributed by atoms with Crippen LogP contribution in [0.2, 0.25) is 0 Å². The van der Waals surface area contributed by atoms with E-state index in [-0.39, 0.29) is 5.69 Å². The van der Waals surface area contributed by atoms with Gasteiger partial charge in [0.05, 0.1) is 17.3 Å². The number of benzene rings is 1. The van der Waals surface area contributed by atoms with Gasteiger partial charge in [0, 0.05) is 12.1 Å². The smallest absolute Gasteiger partial charge is 0.270 e. The lowest BCUT2D eigenvalue weighted by atomic mass is 10.2. The Balaban J connectivity index is 2.91. The van der Waals surface area contributed by atoms with Gasteiger partial charge in [-0.15, -0.1) is 0 Å². The fourth-order valence-electron chi connectivity index (χ4n) is 1.23. The van der Waals surface area contributed by atoms with Crippen LogP contribution in [0.25, 0.3) is 6.08 Å². The van der Waals surface area contributed by atoms with Crippen molar-refractivity contribution in [3.8, 4) is 0 Å². The Kier molecular flexibility index (Phi) is 3.85. The lowest BCUT2D eigenvalue weighted by molar-refractivity contribution is -0.384. The van der Waals surface area contributed by atoms with E-state index in [4.69, 9.17) is 4.74 Å². The first-order valence-electron chi connectivity index (χ1n) is 4.69. The minimum absolute atomic E-state index is 0.0908. The van der Waals surface area contributed by atoms with Crippen LogP contribution in [0.3, 0.4) is 0 Å². The summed E-state index contributed by atoms with van der Waals surface area (Å²) in [4.78, 5) is 10.1. The zero-order valence-corrected chi connectivity index (χ0v) is 8.77. The van der Waals surface area contributed by atoms with Crippen molar-refractivity contribution in [2.24, 2.45) is 0 Å². The highest BCUT2D eigenvalue weighted by Crippen LogP contribution is 2.15. The predicted molar refractivity (Wildman–Crippen MR) is 58.4 cm³/mol. The number of nitrogens with zero attached hydrogens (tertiary/aromatic N) is 1. The van der Waals surface area contributed by atoms with Crippen LogP contribution in [0.4, 0.5) is 5.69 Å². The molecular formula is C11H13NO3. The van der Waals surface area contributed by atoms with Crippen molar-refractivity contribution in [1.82, 2.24) is 0 Å². The molecule has 0 N–H and O–H groups in total. The Labute approximate surface area is 88.3 Å². The molecule has 0 aromatic heterocycles. The average molecular weight is 207 g/mol. The zero-order chi connectivity index (χ0) is 11.3. The highest BCUT2D eigenvalue weighted by Gasteiger charge is 2.04. The molecule has 4 heteroatoms. The molecule has 0 saturated carbocycles. The fraction of sp³-hybridized carbons (Fsp3) is 0.273. The summed E-state index contributed by atoms with van der Waals surface area (Å²) in [6.45, 7) is 4.31. The number of rotatable bonds is 4. The first kappa shape index (κ1) is 11.2. The van der Waals surface area contributed by atoms with Crippen molar-refractivity contribution in [2.75, 3.05) is 6.61 Å². The van der Waals surface area contributed by atoms with Gasteiger partial charge in [-0.05, 0) is 25.5 Å². The number of non-ortho nitro benzene ring substituents is 1. The van der Waals surface area contributed by atoms with Gasteiger partial charge in [0.25, 0.3) is 5.69 Å². The summed E-state index contributed by atoms with van der Waals surface area (Å²) in [7, 11) is 0. The quantitative estimate of drug-likeness (QED) is 0.433. The van der Waals surface area contributed by atoms with E-state index in [2.05, 4.69) is 0 Å². The molecule has 0 saturated heterocycles. The Morgan fingerprint density at radius 1 is 1.60 bits per heavy atom. The number of hydrogen-bond acceptors (Lipinski definition) is 3. The normalized spacial score (nSPS) is 11.2. The highest BCUT2D eigenvalue weighted by atomic mass is 16.6. The Morgan fingerprint density at radius 2 is 2.33 bits per heavy atom. The van der Waals surface area contributed by atoms with Gasteiger partial charge in [0.15, 0.2) is 0 Å². The van der Waals surface area contributed by atoms with Gasteiger partial charge in [-0.25, -0.2) is 0 Å². The second-order valence-electron chi connectivity index (χ2n) is 3.04. The van der Waals surface area contributed by atoms with Crippen LogP contribution < -0.4 is 0 Å². The molecule has 4 nitrogen and oxygen atoms in total. The zero-order valence-electron chi connectivity index (χ0n) is 8.77. The summed E-state index contributed by atoms with van der Waals surface area (Å²) in [5.41, 5.74) is 0.864. The summed E-state index contributed by atoms with van der Waals surface area (Å²) in [5, 5.41) is 10.5. The molecule has 0 aliphatic carbocycles. The van der Waals surface area contributed by atoms with Gasteiger partial charge in [0.1, 0.15) is 0 Å². The Morgan fingerprint density at radius 3 is 2.93 bits per heavy atom. The van der Waals surface area contributed by atoms with E-state index in [0.717, 1.165) is 11.3 Å². The predicted octanol–water partition coefficient (Wildman–Crippen LogP) is 2.99. The van der Waals surface area contributed by atoms with Crippen LogP contribution >= 0.6 is 0 Å². The van der Waals surface area contributed by atoms with Crippen LogP contribution in [0.1, 0.15) is 19.4 Å². The third kappa shape index (κ3) is 3.42. The molecule has 1 rings (SSSR count). The minimum atomic E-state index is -0.409. The van der Waals surface area contributed by atoms with Crippen molar-refractivity contribution in [1.29, 1.82) is 0 Å². The summed E-state index contributed by atoms with van der Waals surface area (Å²) in [6, 6.07) is 6.44. The molecule has 0 fully saturated rings. The second-order valence-corrected chi connectivity index (χ2v) is 3.04. The molecule has 80 valence electrons. The number of nitro groups is 1. The Bertz CT molecular complexity index is 385. The van der Waals surface area contributed by atoms with Crippen molar-refractivity contribution >= 4 is 11.8 Å². The van der Waals surface area contributed by atoms with Crippen molar-refractivity contribution in [2.45, 2.75) is 13.8 Å². The van der Waals surface area contributed by atoms with E-state index >= 15 is 0 Å². The molecule has 0 atom stereocenters. The third-order valence-electron chi connectivity index (χ3n) is 1.82. The van der Waals surface area contributed by atoms with Crippen LogP contribution in [-0.4, -0.2) is 11.5 Å². The fourth-order valence-corrected chi connectivity index (χ4v) is 1.23. The molecule has 0 heterocycles. The molecule has 0 bridgehead atoms. The maximum Gasteiger partial charge on any atom is 0.270 e. The first-order valence-corrected chi connectivity index (χ1v) is 4.69. The minimum Gasteiger partial charge on any atom is -0.499 e. The summed E-state index contributed by atoms with van der Waals surface area (Å²) in [5.74, 6) is 0.748. The van der Waals surface area contributed by atoms with Crippen LogP contribution in [0.5, 0.6) is 0 Å². The second kappa shape index (κ2) is 5.14. The van der Waals surface area contributed by atoms with Crippen molar-refractivity contribution < 1.29 is 9.66 Å². The van der Waals surface area contributed by atoms with Crippen LogP contribution in [0.15, 0.2) is 30.0 Å². The van der Waals surface area contributed by atoms with E-state index in [1.54, 1.807) is 18.2 Å². The Hall–Kier alpha value is -1.84. The lowest BCUT2D eigenvalue weighted by Gasteiger charge is -2.02. The summed E-state index contributed by atoms with van der Waals surface area (Å²) >= 11 is 0. The van der Waals surface area contributed by atoms with Crippen LogP contribution in [-0.2, 0) is 4.74 Å². The molecule has 0 spiro atoms. The molecule has 1 aromatic rings. The molecule has 0 aliphatic heterocycles. The summed E-state index contributed by atoms with van der Waals surface area (Å²) < 4.78 is 5.24. The van der Waals surface area contributed by atoms with Crippen molar-refractivity contribution in [3.05, 3.63) is 45.7 Å². The van der Waals surface area contributed by atoms with Crippen LogP contribution in [0, 0.1) is 10.1 Å². The highest BCUT2D eigenvalue weighted by molar-refractivity contribution is 5.54. The monoisotopic (exact) mass is 207 g/mol. The van der Waals surface area contributed by atoms with Gasteiger partial charge in [0.2, 0.25) is 0 Å². The standard InChI is InChI=1S/C11H13NO3/c1-3-15-9(2)7-10-5-4-6-11(8-10)12(13)14/h4-8H,3H2,1-2H3/b9-7+. The molecule has 0 aliphatic rings. The number of nitro benzene ring substituents is 1. The average Bonchev–Trinajstić information content (AvgIpc) is 2.18. The van der Waals surface area contributed by atoms with Gasteiger partial charge in [-0.2, -0.15) is 0 Å². The van der Waals surface area contributed by atoms with E-state index in [1.807, 2.05) is 13.8 Å². The van der Waals surface area contributed by atoms with Gasteiger partial charge >= 0.3 is 0 Å². The number of hydrogen-bond donors (Lipinski definition) is 0. The maximum absolute atomic E-state index is 10.5. The maximum atomic E-state index is 10.5. The molecule has 1 aromatic carbocycles. The number of ether oxygens (including phenoxy) is 1. The third-order valence-corrected chi connectivity index (χ3v) is 1.82. The largest absolute Gasteiger partial charge is 0.499 e. The van der Waals surface area contributed by atoms with E-state index in [9.17, 15) is 10.1 Å². The molecular weight excluding hydrogens is 194 g/mol. The van der Waals surface area contributed by atoms with Gasteiger partial charge < -0.3 is 4.74 Å². The van der Waals surface area contributed by atoms with Gasteiger partial charge in [-0.1, -0.05) is 12.1 Å².